The van der Waals surface area contributed by atoms with E-state index in [1.54, 1.807) is 0 Å². The summed E-state index contributed by atoms with van der Waals surface area (Å²) in [4.78, 5) is 0. The van der Waals surface area contributed by atoms with Gasteiger partial charge in [-0.3, -0.25) is 0 Å². The van der Waals surface area contributed by atoms with Crippen LogP contribution < -0.4 is 0 Å². The van der Waals surface area contributed by atoms with Crippen LogP contribution in [0.4, 0.5) is 0 Å². The number of rotatable bonds is 5. The number of aliphatic hydroxyl groups excluding tert-OH is 2. The van der Waals surface area contributed by atoms with Gasteiger partial charge in [0.25, 0.3) is 0 Å². The Hall–Kier alpha value is -1.12. The minimum Gasteiger partial charge on any atom is -0.393 e. The van der Waals surface area contributed by atoms with Crippen LogP contribution in [0.5, 0.6) is 0 Å². The first-order valence-electron chi connectivity index (χ1n) is 13.6. The molecule has 0 heterocycles. The second-order valence-electron chi connectivity index (χ2n) is 10.8. The van der Waals surface area contributed by atoms with Gasteiger partial charge in [-0.15, -0.1) is 0 Å². The molecule has 0 aromatic carbocycles. The van der Waals surface area contributed by atoms with Crippen LogP contribution in [0.1, 0.15) is 83.7 Å². The third-order valence-corrected chi connectivity index (χ3v) is 8.47. The number of hydrogen-bond donors (Lipinski definition) is 2. The highest BCUT2D eigenvalue weighted by atomic mass is 16.3. The van der Waals surface area contributed by atoms with E-state index in [1.165, 1.54) is 18.4 Å². The molecule has 7 atom stereocenters. The van der Waals surface area contributed by atoms with Crippen molar-refractivity contribution in [1.82, 2.24) is 0 Å². The van der Waals surface area contributed by atoms with Crippen LogP contribution in [0.3, 0.4) is 0 Å². The highest BCUT2D eigenvalue weighted by Crippen LogP contribution is 2.59. The normalized spacial score (nSPS) is 41.4. The topological polar surface area (TPSA) is 40.5 Å². The van der Waals surface area contributed by atoms with Crippen molar-refractivity contribution in [2.24, 2.45) is 35.0 Å². The number of aliphatic hydroxyl groups is 2. The standard InChI is InChI=1S/C28H44O2/c1-18(2)19(3)9-10-20(4)25-13-14-26-22(8-7-15-28(25,26)6)11-12-23-16-24(29)17-27(30)21(23)5/h9-12,18-20,24-27,29-30H,5,7-8,13-17H2,1-4,6H3/b10-9+,22-11?,23-12-/t19-,20+,24+,25+,26-,27-,28+/m0/s1/i5D2,12D. The third kappa shape index (κ3) is 4.86. The molecule has 2 N–H and O–H groups in total. The molecule has 0 aliphatic heterocycles. The van der Waals surface area contributed by atoms with E-state index in [4.69, 9.17) is 4.11 Å². The van der Waals surface area contributed by atoms with Crippen molar-refractivity contribution in [1.29, 1.82) is 0 Å². The van der Waals surface area contributed by atoms with Crippen molar-refractivity contribution >= 4 is 0 Å². The maximum absolute atomic E-state index is 10.3. The average molecular weight is 416 g/mol. The largest absolute Gasteiger partial charge is 0.393 e. The molecule has 2 heteroatoms. The molecule has 3 saturated carbocycles. The van der Waals surface area contributed by atoms with Gasteiger partial charge in [0.2, 0.25) is 0 Å². The zero-order chi connectivity index (χ0) is 24.5. The van der Waals surface area contributed by atoms with Gasteiger partial charge in [0.1, 0.15) is 0 Å². The molecule has 3 rings (SSSR count). The zero-order valence-electron chi connectivity index (χ0n) is 22.6. The number of fused-ring (bicyclic) bond motifs is 1. The van der Waals surface area contributed by atoms with Gasteiger partial charge in [0, 0.05) is 6.42 Å². The van der Waals surface area contributed by atoms with Crippen molar-refractivity contribution < 1.29 is 14.3 Å². The van der Waals surface area contributed by atoms with E-state index in [1.807, 2.05) is 6.08 Å². The molecule has 0 unspecified atom stereocenters. The molecule has 0 aromatic rings. The molecule has 0 saturated heterocycles. The van der Waals surface area contributed by atoms with E-state index in [0.717, 1.165) is 19.3 Å². The molecule has 0 spiro atoms. The summed E-state index contributed by atoms with van der Waals surface area (Å²) in [7, 11) is 0. The predicted octanol–water partition coefficient (Wildman–Crippen LogP) is 6.61. The number of allylic oxidation sites excluding steroid dienone is 5. The molecule has 30 heavy (non-hydrogen) atoms. The Bertz CT molecular complexity index is 836. The fraction of sp³-hybridized carbons (Fsp3) is 0.714. The summed E-state index contributed by atoms with van der Waals surface area (Å²) in [6, 6.07) is 0.265. The maximum atomic E-state index is 10.3. The first kappa shape index (κ1) is 19.6. The first-order chi connectivity index (χ1) is 15.5. The van der Waals surface area contributed by atoms with Crippen LogP contribution in [0, 0.1) is 35.0 Å². The lowest BCUT2D eigenvalue weighted by Crippen LogP contribution is -2.35. The van der Waals surface area contributed by atoms with E-state index in [9.17, 15) is 10.2 Å². The summed E-state index contributed by atoms with van der Waals surface area (Å²) in [5.74, 6) is 2.84. The maximum Gasteiger partial charge on any atom is 0.0811 e. The first-order valence-corrected chi connectivity index (χ1v) is 12.1. The fourth-order valence-corrected chi connectivity index (χ4v) is 6.15. The fourth-order valence-electron chi connectivity index (χ4n) is 6.15. The molecule has 0 bridgehead atoms. The van der Waals surface area contributed by atoms with Gasteiger partial charge >= 0.3 is 0 Å². The van der Waals surface area contributed by atoms with Gasteiger partial charge in [-0.2, -0.15) is 0 Å². The Balaban J connectivity index is 1.88. The van der Waals surface area contributed by atoms with Crippen molar-refractivity contribution in [3.8, 4) is 0 Å². The molecule has 0 aromatic heterocycles. The minimum absolute atomic E-state index is 0.132. The van der Waals surface area contributed by atoms with Gasteiger partial charge in [-0.25, -0.2) is 0 Å². The van der Waals surface area contributed by atoms with E-state index in [0.29, 0.717) is 35.2 Å². The molecule has 0 amide bonds. The van der Waals surface area contributed by atoms with Gasteiger partial charge in [-0.1, -0.05) is 71.0 Å². The summed E-state index contributed by atoms with van der Waals surface area (Å²) in [6.45, 7) is 11.2. The van der Waals surface area contributed by atoms with Crippen LogP contribution in [0.2, 0.25) is 0 Å². The van der Waals surface area contributed by atoms with Crippen molar-refractivity contribution in [3.63, 3.8) is 0 Å². The Morgan fingerprint density at radius 3 is 2.67 bits per heavy atom. The minimum atomic E-state index is -1.04. The highest BCUT2D eigenvalue weighted by molar-refractivity contribution is 5.38. The Morgan fingerprint density at radius 1 is 1.20 bits per heavy atom. The van der Waals surface area contributed by atoms with E-state index < -0.39 is 18.7 Å². The summed E-state index contributed by atoms with van der Waals surface area (Å²) >= 11 is 0. The van der Waals surface area contributed by atoms with Crippen LogP contribution in [-0.2, 0) is 0 Å². The monoisotopic (exact) mass is 415 g/mol. The molecule has 0 radical (unpaired) electrons. The molecule has 3 aliphatic carbocycles. The summed E-state index contributed by atoms with van der Waals surface area (Å²) in [5.41, 5.74) is 2.21. The molecule has 3 fully saturated rings. The highest BCUT2D eigenvalue weighted by Gasteiger charge is 2.50. The zero-order valence-corrected chi connectivity index (χ0v) is 19.6. The lowest BCUT2D eigenvalue weighted by atomic mass is 9.61. The molecule has 2 nitrogen and oxygen atoms in total. The van der Waals surface area contributed by atoms with E-state index in [2.05, 4.69) is 46.8 Å². The smallest absolute Gasteiger partial charge is 0.0811 e. The summed E-state index contributed by atoms with van der Waals surface area (Å²) < 4.78 is 24.4. The summed E-state index contributed by atoms with van der Waals surface area (Å²) in [6.07, 6.45) is 11.0. The van der Waals surface area contributed by atoms with Gasteiger partial charge < -0.3 is 10.2 Å². The van der Waals surface area contributed by atoms with Crippen molar-refractivity contribution in [2.75, 3.05) is 0 Å². The van der Waals surface area contributed by atoms with E-state index >= 15 is 0 Å². The third-order valence-electron chi connectivity index (χ3n) is 8.47. The van der Waals surface area contributed by atoms with Crippen molar-refractivity contribution in [3.05, 3.63) is 47.5 Å². The molecular formula is C28H44O2. The Morgan fingerprint density at radius 2 is 1.97 bits per heavy atom. The Labute approximate surface area is 189 Å². The van der Waals surface area contributed by atoms with Gasteiger partial charge in [-0.05, 0) is 84.7 Å². The Kier molecular flexibility index (Phi) is 6.24. The quantitative estimate of drug-likeness (QED) is 0.496. The molecule has 3 aliphatic rings. The van der Waals surface area contributed by atoms with Crippen LogP contribution >= 0.6 is 0 Å². The van der Waals surface area contributed by atoms with Crippen LogP contribution in [0.25, 0.3) is 0 Å². The molecular weight excluding hydrogens is 368 g/mol. The SMILES string of the molecule is [2H]C([2H])=C1/C(=C(/[2H])C=C2CCC[C@]3(C)[C@@H]([C@H](C)/C=C/[C@H](C)C(C)C)CC[C@@H]23)C[C@@H](O)C[C@@H]1O. The second-order valence-corrected chi connectivity index (χ2v) is 10.8. The van der Waals surface area contributed by atoms with Crippen molar-refractivity contribution in [2.45, 2.75) is 91.8 Å². The lowest BCUT2D eigenvalue weighted by molar-refractivity contribution is 0.0862. The lowest BCUT2D eigenvalue weighted by Gasteiger charge is -2.44. The number of hydrogen-bond acceptors (Lipinski definition) is 2. The predicted molar refractivity (Wildman–Crippen MR) is 127 cm³/mol. The van der Waals surface area contributed by atoms with Crippen LogP contribution in [0.15, 0.2) is 47.5 Å². The van der Waals surface area contributed by atoms with Gasteiger partial charge in [0.05, 0.1) is 16.3 Å². The average Bonchev–Trinajstić information content (AvgIpc) is 3.08. The van der Waals surface area contributed by atoms with Crippen LogP contribution in [-0.4, -0.2) is 22.4 Å². The summed E-state index contributed by atoms with van der Waals surface area (Å²) in [5, 5.41) is 20.5. The van der Waals surface area contributed by atoms with E-state index in [-0.39, 0.29) is 29.9 Å². The molecule has 168 valence electrons. The van der Waals surface area contributed by atoms with Gasteiger partial charge in [0.15, 0.2) is 0 Å². The second kappa shape index (κ2) is 9.57.